The van der Waals surface area contributed by atoms with Crippen molar-refractivity contribution in [2.45, 2.75) is 4.90 Å². The first-order valence-corrected chi connectivity index (χ1v) is 9.88. The third-order valence-corrected chi connectivity index (χ3v) is 4.84. The fourth-order valence-corrected chi connectivity index (χ4v) is 3.21. The zero-order valence-electron chi connectivity index (χ0n) is 15.5. The summed E-state index contributed by atoms with van der Waals surface area (Å²) in [7, 11) is 0. The van der Waals surface area contributed by atoms with Crippen LogP contribution in [0.3, 0.4) is 0 Å². The second-order valence-corrected chi connectivity index (χ2v) is 7.09. The molecule has 1 aliphatic heterocycles. The molecule has 29 heavy (non-hydrogen) atoms. The highest BCUT2D eigenvalue weighted by Gasteiger charge is 2.17. The van der Waals surface area contributed by atoms with E-state index in [0.29, 0.717) is 29.4 Å². The molecule has 0 saturated carbocycles. The maximum atomic E-state index is 12.1. The molecule has 0 aliphatic carbocycles. The molecule has 0 aromatic heterocycles. The number of benzene rings is 2. The number of nitrogens with one attached hydrogen (secondary N) is 2. The normalized spacial score (nSPS) is 11.6. The third kappa shape index (κ3) is 6.42. The van der Waals surface area contributed by atoms with Crippen LogP contribution >= 0.6 is 11.8 Å². The van der Waals surface area contributed by atoms with Crippen LogP contribution in [0.5, 0.6) is 11.5 Å². The number of carbonyl (C=O) groups is 3. The van der Waals surface area contributed by atoms with Crippen molar-refractivity contribution in [3.8, 4) is 11.5 Å². The van der Waals surface area contributed by atoms with E-state index in [1.54, 1.807) is 23.9 Å². The van der Waals surface area contributed by atoms with Crippen LogP contribution in [0, 0.1) is 0 Å². The summed E-state index contributed by atoms with van der Waals surface area (Å²) in [6, 6.07) is 14.5. The fourth-order valence-electron chi connectivity index (χ4n) is 2.42. The Morgan fingerprint density at radius 2 is 1.79 bits per heavy atom. The third-order valence-electron chi connectivity index (χ3n) is 3.83. The van der Waals surface area contributed by atoms with Crippen LogP contribution in [0.15, 0.2) is 53.4 Å². The van der Waals surface area contributed by atoms with Crippen LogP contribution in [0.4, 0.5) is 0 Å². The predicted octanol–water partition coefficient (Wildman–Crippen LogP) is 1.60. The van der Waals surface area contributed by atoms with E-state index in [0.717, 1.165) is 4.90 Å². The van der Waals surface area contributed by atoms with Crippen LogP contribution in [-0.2, 0) is 14.3 Å². The second kappa shape index (κ2) is 10.4. The standard InChI is InChI=1S/C20H20N2O6S/c23-18(21-8-9-29-15-4-2-1-3-5-15)12-26-19(24)11-22-20(25)14-6-7-16-17(10-14)28-13-27-16/h1-7,10H,8-9,11-13H2,(H,21,23)(H,22,25). The van der Waals surface area contributed by atoms with Gasteiger partial charge in [-0.3, -0.25) is 14.4 Å². The van der Waals surface area contributed by atoms with E-state index in [4.69, 9.17) is 14.2 Å². The van der Waals surface area contributed by atoms with E-state index < -0.39 is 24.4 Å². The van der Waals surface area contributed by atoms with E-state index in [9.17, 15) is 14.4 Å². The quantitative estimate of drug-likeness (QED) is 0.364. The smallest absolute Gasteiger partial charge is 0.325 e. The molecule has 0 fully saturated rings. The van der Waals surface area contributed by atoms with Gasteiger partial charge in [-0.1, -0.05) is 18.2 Å². The van der Waals surface area contributed by atoms with Gasteiger partial charge in [0.15, 0.2) is 18.1 Å². The molecule has 0 atom stereocenters. The molecule has 0 bridgehead atoms. The number of hydrogen-bond donors (Lipinski definition) is 2. The maximum absolute atomic E-state index is 12.1. The molecule has 0 saturated heterocycles. The van der Waals surface area contributed by atoms with Gasteiger partial charge in [-0.25, -0.2) is 0 Å². The molecule has 0 unspecified atom stereocenters. The van der Waals surface area contributed by atoms with Gasteiger partial charge in [0, 0.05) is 22.8 Å². The van der Waals surface area contributed by atoms with Crippen molar-refractivity contribution in [3.05, 3.63) is 54.1 Å². The van der Waals surface area contributed by atoms with Crippen molar-refractivity contribution in [2.24, 2.45) is 0 Å². The molecule has 0 radical (unpaired) electrons. The van der Waals surface area contributed by atoms with E-state index in [2.05, 4.69) is 10.6 Å². The molecule has 2 aromatic carbocycles. The number of ether oxygens (including phenoxy) is 3. The number of rotatable bonds is 9. The van der Waals surface area contributed by atoms with Crippen LogP contribution in [-0.4, -0.2) is 50.0 Å². The number of esters is 1. The van der Waals surface area contributed by atoms with Gasteiger partial charge in [0.1, 0.15) is 6.54 Å². The number of thioether (sulfide) groups is 1. The summed E-state index contributed by atoms with van der Waals surface area (Å²) in [6.45, 7) is -0.171. The molecule has 2 amide bonds. The summed E-state index contributed by atoms with van der Waals surface area (Å²) in [5.41, 5.74) is 0.329. The summed E-state index contributed by atoms with van der Waals surface area (Å²) in [6.07, 6.45) is 0. The van der Waals surface area contributed by atoms with Gasteiger partial charge in [0.25, 0.3) is 11.8 Å². The Bertz CT molecular complexity index is 875. The van der Waals surface area contributed by atoms with Gasteiger partial charge in [0.2, 0.25) is 6.79 Å². The van der Waals surface area contributed by atoms with Gasteiger partial charge in [-0.15, -0.1) is 11.8 Å². The summed E-state index contributed by atoms with van der Waals surface area (Å²) in [5.74, 6) is 0.191. The van der Waals surface area contributed by atoms with Crippen LogP contribution < -0.4 is 20.1 Å². The van der Waals surface area contributed by atoms with Crippen LogP contribution in [0.25, 0.3) is 0 Å². The minimum atomic E-state index is -0.701. The molecule has 1 aliphatic rings. The highest BCUT2D eigenvalue weighted by Crippen LogP contribution is 2.32. The highest BCUT2D eigenvalue weighted by atomic mass is 32.2. The maximum Gasteiger partial charge on any atom is 0.325 e. The van der Waals surface area contributed by atoms with Crippen LogP contribution in [0.1, 0.15) is 10.4 Å². The molecular formula is C20H20N2O6S. The lowest BCUT2D eigenvalue weighted by Crippen LogP contribution is -2.34. The van der Waals surface area contributed by atoms with Gasteiger partial charge in [0.05, 0.1) is 0 Å². The van der Waals surface area contributed by atoms with E-state index in [1.807, 2.05) is 30.3 Å². The zero-order valence-corrected chi connectivity index (χ0v) is 16.3. The molecule has 2 N–H and O–H groups in total. The van der Waals surface area contributed by atoms with Gasteiger partial charge in [-0.2, -0.15) is 0 Å². The van der Waals surface area contributed by atoms with E-state index in [-0.39, 0.29) is 13.3 Å². The van der Waals surface area contributed by atoms with Gasteiger partial charge in [-0.05, 0) is 30.3 Å². The van der Waals surface area contributed by atoms with Crippen LogP contribution in [0.2, 0.25) is 0 Å². The minimum Gasteiger partial charge on any atom is -0.454 e. The summed E-state index contributed by atoms with van der Waals surface area (Å²) >= 11 is 1.62. The lowest BCUT2D eigenvalue weighted by atomic mass is 10.2. The topological polar surface area (TPSA) is 103 Å². The fraction of sp³-hybridized carbons (Fsp3) is 0.250. The monoisotopic (exact) mass is 416 g/mol. The SMILES string of the molecule is O=C(COC(=O)CNC(=O)c1ccc2c(c1)OCO2)NCCSc1ccccc1. The Hall–Kier alpha value is -3.20. The first-order valence-electron chi connectivity index (χ1n) is 8.90. The summed E-state index contributed by atoms with van der Waals surface area (Å²) < 4.78 is 15.2. The molecule has 1 heterocycles. The Balaban J connectivity index is 1.29. The Morgan fingerprint density at radius 3 is 2.62 bits per heavy atom. The first kappa shape index (κ1) is 20.5. The van der Waals surface area contributed by atoms with Gasteiger partial charge < -0.3 is 24.8 Å². The average molecular weight is 416 g/mol. The minimum absolute atomic E-state index is 0.111. The van der Waals surface area contributed by atoms with Gasteiger partial charge >= 0.3 is 5.97 Å². The number of carbonyl (C=O) groups excluding carboxylic acids is 3. The lowest BCUT2D eigenvalue weighted by molar-refractivity contribution is -0.147. The molecular weight excluding hydrogens is 396 g/mol. The second-order valence-electron chi connectivity index (χ2n) is 5.92. The first-order chi connectivity index (χ1) is 14.1. The number of fused-ring (bicyclic) bond motifs is 1. The predicted molar refractivity (Wildman–Crippen MR) is 106 cm³/mol. The molecule has 2 aromatic rings. The highest BCUT2D eigenvalue weighted by molar-refractivity contribution is 7.99. The van der Waals surface area contributed by atoms with Crippen molar-refractivity contribution in [1.82, 2.24) is 10.6 Å². The Morgan fingerprint density at radius 1 is 1.00 bits per heavy atom. The number of amides is 2. The summed E-state index contributed by atoms with van der Waals surface area (Å²) in [4.78, 5) is 36.6. The molecule has 3 rings (SSSR count). The molecule has 0 spiro atoms. The lowest BCUT2D eigenvalue weighted by Gasteiger charge is -2.08. The Kier molecular flexibility index (Phi) is 7.34. The molecule has 9 heteroatoms. The van der Waals surface area contributed by atoms with E-state index >= 15 is 0 Å². The van der Waals surface area contributed by atoms with Crippen molar-refractivity contribution in [2.75, 3.05) is 32.2 Å². The summed E-state index contributed by atoms with van der Waals surface area (Å²) in [5, 5.41) is 5.11. The van der Waals surface area contributed by atoms with Crippen molar-refractivity contribution >= 4 is 29.5 Å². The van der Waals surface area contributed by atoms with E-state index in [1.165, 1.54) is 6.07 Å². The average Bonchev–Trinajstić information content (AvgIpc) is 3.22. The van der Waals surface area contributed by atoms with Crippen molar-refractivity contribution < 1.29 is 28.6 Å². The largest absolute Gasteiger partial charge is 0.454 e. The molecule has 152 valence electrons. The Labute approximate surface area is 171 Å². The zero-order chi connectivity index (χ0) is 20.5. The van der Waals surface area contributed by atoms with Crippen molar-refractivity contribution in [1.29, 1.82) is 0 Å². The molecule has 8 nitrogen and oxygen atoms in total. The van der Waals surface area contributed by atoms with Crippen molar-refractivity contribution in [3.63, 3.8) is 0 Å². The number of hydrogen-bond acceptors (Lipinski definition) is 7.